The zero-order valence-corrected chi connectivity index (χ0v) is 25.0. The molecular formula is C36H41FN4O2. The van der Waals surface area contributed by atoms with Gasteiger partial charge in [0.1, 0.15) is 11.6 Å². The SMILES string of the molecule is Cc1nc2ccc(C(=O)Nc3ccc(C(=O)N(CC4CCCCC4)CC4CCCCC4)cc3)cc2n1-c1ccc(F)cc1. The number of fused-ring (bicyclic) bond motifs is 1. The molecule has 7 heteroatoms. The smallest absolute Gasteiger partial charge is 0.255 e. The van der Waals surface area contributed by atoms with Crippen LogP contribution in [0.25, 0.3) is 16.7 Å². The molecule has 224 valence electrons. The molecule has 0 aliphatic heterocycles. The highest BCUT2D eigenvalue weighted by molar-refractivity contribution is 6.06. The Morgan fingerprint density at radius 2 is 1.40 bits per heavy atom. The number of rotatable bonds is 8. The molecule has 1 aromatic heterocycles. The van der Waals surface area contributed by atoms with Crippen molar-refractivity contribution in [1.29, 1.82) is 0 Å². The van der Waals surface area contributed by atoms with Crippen molar-refractivity contribution in [2.24, 2.45) is 11.8 Å². The minimum atomic E-state index is -0.306. The van der Waals surface area contributed by atoms with Crippen LogP contribution < -0.4 is 5.32 Å². The monoisotopic (exact) mass is 580 g/mol. The van der Waals surface area contributed by atoms with Crippen LogP contribution in [0.3, 0.4) is 0 Å². The lowest BCUT2D eigenvalue weighted by Gasteiger charge is -2.34. The first kappa shape index (κ1) is 29.1. The molecule has 6 nitrogen and oxygen atoms in total. The van der Waals surface area contributed by atoms with Gasteiger partial charge in [0, 0.05) is 35.6 Å². The Bertz CT molecular complexity index is 1550. The van der Waals surface area contributed by atoms with Gasteiger partial charge in [0.15, 0.2) is 0 Å². The lowest BCUT2D eigenvalue weighted by atomic mass is 9.86. The molecule has 0 spiro atoms. The zero-order chi connectivity index (χ0) is 29.8. The van der Waals surface area contributed by atoms with Crippen LogP contribution in [-0.4, -0.2) is 39.4 Å². The van der Waals surface area contributed by atoms with Crippen LogP contribution in [0.2, 0.25) is 0 Å². The van der Waals surface area contributed by atoms with Crippen LogP contribution >= 0.6 is 0 Å². The highest BCUT2D eigenvalue weighted by Gasteiger charge is 2.25. The molecule has 0 radical (unpaired) electrons. The lowest BCUT2D eigenvalue weighted by Crippen LogP contribution is -2.39. The van der Waals surface area contributed by atoms with E-state index in [1.54, 1.807) is 24.3 Å². The number of aromatic nitrogens is 2. The van der Waals surface area contributed by atoms with E-state index < -0.39 is 0 Å². The quantitative estimate of drug-likeness (QED) is 0.228. The predicted octanol–water partition coefficient (Wildman–Crippen LogP) is 8.33. The minimum Gasteiger partial charge on any atom is -0.338 e. The van der Waals surface area contributed by atoms with Gasteiger partial charge in [-0.3, -0.25) is 14.2 Å². The van der Waals surface area contributed by atoms with Crippen LogP contribution in [0.1, 0.15) is 90.7 Å². The summed E-state index contributed by atoms with van der Waals surface area (Å²) in [6.45, 7) is 3.59. The van der Waals surface area contributed by atoms with Crippen molar-refractivity contribution >= 4 is 28.5 Å². The van der Waals surface area contributed by atoms with E-state index >= 15 is 0 Å². The summed E-state index contributed by atoms with van der Waals surface area (Å²) in [5.41, 5.74) is 4.10. The van der Waals surface area contributed by atoms with Crippen molar-refractivity contribution in [3.63, 3.8) is 0 Å². The van der Waals surface area contributed by atoms with E-state index in [2.05, 4.69) is 15.2 Å². The van der Waals surface area contributed by atoms with Gasteiger partial charge >= 0.3 is 0 Å². The summed E-state index contributed by atoms with van der Waals surface area (Å²) in [6.07, 6.45) is 12.6. The summed E-state index contributed by atoms with van der Waals surface area (Å²) in [4.78, 5) is 33.7. The van der Waals surface area contributed by atoms with Gasteiger partial charge < -0.3 is 10.2 Å². The molecule has 2 amide bonds. The molecule has 0 unspecified atom stereocenters. The number of nitrogens with zero attached hydrogens (tertiary/aromatic N) is 3. The zero-order valence-electron chi connectivity index (χ0n) is 25.0. The van der Waals surface area contributed by atoms with E-state index in [4.69, 9.17) is 0 Å². The van der Waals surface area contributed by atoms with E-state index in [9.17, 15) is 14.0 Å². The number of amides is 2. The highest BCUT2D eigenvalue weighted by Crippen LogP contribution is 2.29. The Morgan fingerprint density at radius 3 is 2.00 bits per heavy atom. The average molecular weight is 581 g/mol. The molecule has 6 rings (SSSR count). The van der Waals surface area contributed by atoms with Crippen LogP contribution in [0, 0.1) is 24.6 Å². The Morgan fingerprint density at radius 1 is 0.814 bits per heavy atom. The molecular weight excluding hydrogens is 539 g/mol. The molecule has 2 aliphatic carbocycles. The third-order valence-electron chi connectivity index (χ3n) is 9.25. The van der Waals surface area contributed by atoms with Crippen LogP contribution in [0.5, 0.6) is 0 Å². The van der Waals surface area contributed by atoms with Crippen molar-refractivity contribution in [3.8, 4) is 5.69 Å². The molecule has 0 bridgehead atoms. The number of benzene rings is 3. The fourth-order valence-electron chi connectivity index (χ4n) is 6.94. The standard InChI is InChI=1S/C36H41FN4O2/c1-25-38-33-21-14-29(22-34(33)41(25)32-19-15-30(37)16-20-32)35(42)39-31-17-12-28(13-18-31)36(43)40(23-26-8-4-2-5-9-26)24-27-10-6-3-7-11-27/h12-22,26-27H,2-11,23-24H2,1H3,(H,39,42). The van der Waals surface area contributed by atoms with Gasteiger partial charge in [0.2, 0.25) is 0 Å². The fourth-order valence-corrected chi connectivity index (χ4v) is 6.94. The summed E-state index contributed by atoms with van der Waals surface area (Å²) < 4.78 is 15.4. The molecule has 43 heavy (non-hydrogen) atoms. The number of anilines is 1. The largest absolute Gasteiger partial charge is 0.338 e. The number of halogens is 1. The van der Waals surface area contributed by atoms with Crippen molar-refractivity contribution in [2.45, 2.75) is 71.1 Å². The maximum Gasteiger partial charge on any atom is 0.255 e. The van der Waals surface area contributed by atoms with Gasteiger partial charge in [-0.25, -0.2) is 9.37 Å². The van der Waals surface area contributed by atoms with E-state index in [-0.39, 0.29) is 17.6 Å². The normalized spacial score (nSPS) is 16.3. The van der Waals surface area contributed by atoms with E-state index in [1.165, 1.54) is 76.3 Å². The van der Waals surface area contributed by atoms with Crippen LogP contribution in [-0.2, 0) is 0 Å². The molecule has 2 fully saturated rings. The lowest BCUT2D eigenvalue weighted by molar-refractivity contribution is 0.0665. The number of hydrogen-bond donors (Lipinski definition) is 1. The Balaban J connectivity index is 1.16. The van der Waals surface area contributed by atoms with Crippen LogP contribution in [0.15, 0.2) is 66.7 Å². The number of imidazole rings is 1. The van der Waals surface area contributed by atoms with E-state index in [1.807, 2.05) is 41.8 Å². The highest BCUT2D eigenvalue weighted by atomic mass is 19.1. The second-order valence-electron chi connectivity index (χ2n) is 12.4. The first-order chi connectivity index (χ1) is 20.9. The third kappa shape index (κ3) is 6.82. The Labute approximate surface area is 253 Å². The Kier molecular flexibility index (Phi) is 8.87. The topological polar surface area (TPSA) is 67.2 Å². The third-order valence-corrected chi connectivity index (χ3v) is 9.25. The molecule has 0 atom stereocenters. The minimum absolute atomic E-state index is 0.101. The fraction of sp³-hybridized carbons (Fsp3) is 0.417. The van der Waals surface area contributed by atoms with Crippen molar-refractivity contribution in [2.75, 3.05) is 18.4 Å². The summed E-state index contributed by atoms with van der Waals surface area (Å²) in [5, 5.41) is 2.98. The van der Waals surface area contributed by atoms with E-state index in [0.29, 0.717) is 28.7 Å². The summed E-state index contributed by atoms with van der Waals surface area (Å²) in [7, 11) is 0. The van der Waals surface area contributed by atoms with E-state index in [0.717, 1.165) is 35.6 Å². The number of carbonyl (C=O) groups is 2. The second-order valence-corrected chi connectivity index (χ2v) is 12.4. The average Bonchev–Trinajstić information content (AvgIpc) is 3.37. The molecule has 1 N–H and O–H groups in total. The van der Waals surface area contributed by atoms with Gasteiger partial charge in [0.25, 0.3) is 11.8 Å². The molecule has 2 aliphatic rings. The van der Waals surface area contributed by atoms with Crippen LogP contribution in [0.4, 0.5) is 10.1 Å². The number of nitrogens with one attached hydrogen (secondary N) is 1. The molecule has 4 aromatic rings. The number of aryl methyl sites for hydroxylation is 1. The molecule has 3 aromatic carbocycles. The summed E-state index contributed by atoms with van der Waals surface area (Å²) >= 11 is 0. The van der Waals surface area contributed by atoms with Gasteiger partial charge in [-0.2, -0.15) is 0 Å². The molecule has 0 saturated heterocycles. The maximum atomic E-state index is 13.8. The predicted molar refractivity (Wildman–Crippen MR) is 169 cm³/mol. The number of hydrogen-bond acceptors (Lipinski definition) is 3. The van der Waals surface area contributed by atoms with Gasteiger partial charge in [0.05, 0.1) is 11.0 Å². The maximum absolute atomic E-state index is 13.8. The van der Waals surface area contributed by atoms with Gasteiger partial charge in [-0.15, -0.1) is 0 Å². The molecule has 2 saturated carbocycles. The van der Waals surface area contributed by atoms with Crippen molar-refractivity contribution in [3.05, 3.63) is 89.5 Å². The second kappa shape index (κ2) is 13.1. The summed E-state index contributed by atoms with van der Waals surface area (Å²) in [5.74, 6) is 1.49. The van der Waals surface area contributed by atoms with Gasteiger partial charge in [-0.05, 0) is 111 Å². The van der Waals surface area contributed by atoms with Crippen molar-refractivity contribution in [1.82, 2.24) is 14.5 Å². The van der Waals surface area contributed by atoms with Crippen molar-refractivity contribution < 1.29 is 14.0 Å². The van der Waals surface area contributed by atoms with Gasteiger partial charge in [-0.1, -0.05) is 38.5 Å². The first-order valence-electron chi connectivity index (χ1n) is 15.9. The number of carbonyl (C=O) groups excluding carboxylic acids is 2. The summed E-state index contributed by atoms with van der Waals surface area (Å²) in [6, 6.07) is 18.9. The Hall–Kier alpha value is -4.00. The first-order valence-corrected chi connectivity index (χ1v) is 15.9. The molecule has 1 heterocycles.